The highest BCUT2D eigenvalue weighted by molar-refractivity contribution is 5.62. The van der Waals surface area contributed by atoms with Gasteiger partial charge in [-0.15, -0.1) is 0 Å². The molecule has 25 heavy (non-hydrogen) atoms. The van der Waals surface area contributed by atoms with Gasteiger partial charge in [-0.05, 0) is 74.4 Å². The van der Waals surface area contributed by atoms with E-state index in [4.69, 9.17) is 4.98 Å². The van der Waals surface area contributed by atoms with Gasteiger partial charge in [-0.2, -0.15) is 0 Å². The van der Waals surface area contributed by atoms with Gasteiger partial charge in [-0.25, -0.2) is 0 Å². The second kappa shape index (κ2) is 6.33. The van der Waals surface area contributed by atoms with Crippen LogP contribution in [0.5, 0.6) is 0 Å². The van der Waals surface area contributed by atoms with Gasteiger partial charge in [0.2, 0.25) is 0 Å². The van der Waals surface area contributed by atoms with Crippen LogP contribution in [0.25, 0.3) is 6.08 Å². The van der Waals surface area contributed by atoms with Crippen molar-refractivity contribution >= 4 is 6.08 Å². The summed E-state index contributed by atoms with van der Waals surface area (Å²) in [5, 5.41) is 0. The topological polar surface area (TPSA) is 16.1 Å². The van der Waals surface area contributed by atoms with Crippen LogP contribution in [0.2, 0.25) is 0 Å². The number of aromatic nitrogens is 1. The van der Waals surface area contributed by atoms with Crippen LogP contribution in [0.15, 0.2) is 30.6 Å². The number of benzene rings is 1. The molecule has 132 valence electrons. The summed E-state index contributed by atoms with van der Waals surface area (Å²) in [6.07, 6.45) is 7.43. The molecule has 0 amide bonds. The predicted octanol–water partition coefficient (Wildman–Crippen LogP) is 5.38. The first-order valence-corrected chi connectivity index (χ1v) is 9.22. The summed E-state index contributed by atoms with van der Waals surface area (Å²) in [5.41, 5.74) is 9.04. The monoisotopic (exact) mass is 334 g/mol. The van der Waals surface area contributed by atoms with E-state index >= 15 is 0 Å². The highest BCUT2D eigenvalue weighted by atomic mass is 15.2. The zero-order chi connectivity index (χ0) is 18.4. The van der Waals surface area contributed by atoms with Crippen LogP contribution in [0.4, 0.5) is 0 Å². The lowest BCUT2D eigenvalue weighted by molar-refractivity contribution is 0.250. The molecule has 0 spiro atoms. The summed E-state index contributed by atoms with van der Waals surface area (Å²) >= 11 is 0. The third kappa shape index (κ3) is 2.99. The van der Waals surface area contributed by atoms with Crippen molar-refractivity contribution in [3.8, 4) is 0 Å². The molecule has 0 N–H and O–H groups in total. The van der Waals surface area contributed by atoms with Crippen molar-refractivity contribution < 1.29 is 0 Å². The Labute approximate surface area is 152 Å². The number of hydrogen-bond acceptors (Lipinski definition) is 2. The molecule has 0 radical (unpaired) electrons. The van der Waals surface area contributed by atoms with E-state index in [0.29, 0.717) is 5.92 Å². The lowest BCUT2D eigenvalue weighted by Gasteiger charge is -2.44. The molecule has 2 heterocycles. The summed E-state index contributed by atoms with van der Waals surface area (Å²) in [4.78, 5) is 7.05. The van der Waals surface area contributed by atoms with Gasteiger partial charge in [0.05, 0.1) is 5.54 Å². The van der Waals surface area contributed by atoms with Gasteiger partial charge in [0.25, 0.3) is 0 Å². The first kappa shape index (κ1) is 17.7. The van der Waals surface area contributed by atoms with Gasteiger partial charge in [0, 0.05) is 30.7 Å². The molecule has 1 unspecified atom stereocenters. The molecule has 2 aromatic rings. The molecular formula is C23H30N2. The van der Waals surface area contributed by atoms with Crippen molar-refractivity contribution in [1.82, 2.24) is 9.88 Å². The summed E-state index contributed by atoms with van der Waals surface area (Å²) in [5.74, 6) is 0.608. The van der Waals surface area contributed by atoms with Gasteiger partial charge in [0.1, 0.15) is 0 Å². The van der Waals surface area contributed by atoms with E-state index in [2.05, 4.69) is 84.0 Å². The fourth-order valence-corrected chi connectivity index (χ4v) is 4.01. The van der Waals surface area contributed by atoms with Crippen LogP contribution < -0.4 is 0 Å². The molecule has 0 aliphatic carbocycles. The molecule has 1 aromatic carbocycles. The normalized spacial score (nSPS) is 19.4. The largest absolute Gasteiger partial charge is 0.367 e. The van der Waals surface area contributed by atoms with E-state index in [1.54, 1.807) is 0 Å². The molecule has 2 heteroatoms. The van der Waals surface area contributed by atoms with Crippen molar-refractivity contribution in [2.75, 3.05) is 7.05 Å². The fraction of sp³-hybridized carbons (Fsp3) is 0.435. The van der Waals surface area contributed by atoms with Crippen LogP contribution in [0.3, 0.4) is 0 Å². The Morgan fingerprint density at radius 2 is 1.80 bits per heavy atom. The van der Waals surface area contributed by atoms with Gasteiger partial charge < -0.3 is 4.90 Å². The van der Waals surface area contributed by atoms with E-state index in [1.807, 2.05) is 6.20 Å². The fourth-order valence-electron chi connectivity index (χ4n) is 4.01. The van der Waals surface area contributed by atoms with Gasteiger partial charge >= 0.3 is 0 Å². The zero-order valence-electron chi connectivity index (χ0n) is 16.6. The Hall–Kier alpha value is -2.09. The Bertz CT molecular complexity index is 832. The molecular weight excluding hydrogens is 304 g/mol. The lowest BCUT2D eigenvalue weighted by atomic mass is 9.76. The molecule has 0 fully saturated rings. The summed E-state index contributed by atoms with van der Waals surface area (Å²) in [6.45, 7) is 13.5. The molecule has 0 saturated heterocycles. The van der Waals surface area contributed by atoms with Crippen molar-refractivity contribution in [2.24, 2.45) is 5.92 Å². The highest BCUT2D eigenvalue weighted by Crippen LogP contribution is 2.42. The minimum absolute atomic E-state index is 0.181. The third-order valence-corrected chi connectivity index (χ3v) is 5.65. The summed E-state index contributed by atoms with van der Waals surface area (Å²) < 4.78 is 0. The van der Waals surface area contributed by atoms with Crippen molar-refractivity contribution in [3.63, 3.8) is 0 Å². The number of pyridine rings is 1. The van der Waals surface area contributed by atoms with Crippen LogP contribution in [-0.4, -0.2) is 16.9 Å². The average Bonchev–Trinajstić information content (AvgIpc) is 2.54. The van der Waals surface area contributed by atoms with Crippen molar-refractivity contribution in [2.45, 2.75) is 53.5 Å². The average molecular weight is 335 g/mol. The summed E-state index contributed by atoms with van der Waals surface area (Å²) in [7, 11) is 2.18. The second-order valence-electron chi connectivity index (χ2n) is 8.11. The minimum atomic E-state index is -0.181. The first-order chi connectivity index (χ1) is 11.7. The van der Waals surface area contributed by atoms with Crippen molar-refractivity contribution in [1.29, 1.82) is 0 Å². The smallest absolute Gasteiger partial charge is 0.0879 e. The molecule has 0 saturated carbocycles. The first-order valence-electron chi connectivity index (χ1n) is 9.22. The van der Waals surface area contributed by atoms with E-state index in [0.717, 1.165) is 6.42 Å². The molecule has 3 rings (SSSR count). The van der Waals surface area contributed by atoms with E-state index in [9.17, 15) is 0 Å². The van der Waals surface area contributed by atoms with Crippen molar-refractivity contribution in [3.05, 3.63) is 69.7 Å². The number of rotatable bonds is 3. The van der Waals surface area contributed by atoms with Crippen LogP contribution in [0.1, 0.15) is 59.8 Å². The van der Waals surface area contributed by atoms with Crippen LogP contribution in [-0.2, 0) is 12.0 Å². The van der Waals surface area contributed by atoms with E-state index in [-0.39, 0.29) is 5.54 Å². The molecule has 2 nitrogen and oxygen atoms in total. The molecule has 1 aromatic heterocycles. The maximum atomic E-state index is 4.70. The Morgan fingerprint density at radius 1 is 1.08 bits per heavy atom. The van der Waals surface area contributed by atoms with E-state index < -0.39 is 0 Å². The number of aryl methyl sites for hydroxylation is 2. The lowest BCUT2D eigenvalue weighted by Crippen LogP contribution is -2.42. The SMILES string of the molecule is Cc1cc(C)c(C)c(C2(C)c3cc(CC(C)C)ncc3C=CN2C)c1. The minimum Gasteiger partial charge on any atom is -0.367 e. The zero-order valence-corrected chi connectivity index (χ0v) is 16.6. The Kier molecular flexibility index (Phi) is 4.49. The quantitative estimate of drug-likeness (QED) is 0.748. The highest BCUT2D eigenvalue weighted by Gasteiger charge is 2.37. The summed E-state index contributed by atoms with van der Waals surface area (Å²) in [6, 6.07) is 6.95. The van der Waals surface area contributed by atoms with Gasteiger partial charge in [-0.3, -0.25) is 4.98 Å². The standard InChI is InChI=1S/C23H30N2/c1-15(2)10-20-13-22-19(14-24-20)8-9-25(7)23(22,6)21-12-16(3)11-17(4)18(21)5/h8-9,11-15H,10H2,1-7H3. The van der Waals surface area contributed by atoms with Gasteiger partial charge in [-0.1, -0.05) is 31.5 Å². The van der Waals surface area contributed by atoms with Crippen LogP contribution >= 0.6 is 0 Å². The maximum Gasteiger partial charge on any atom is 0.0879 e. The Morgan fingerprint density at radius 3 is 2.48 bits per heavy atom. The number of fused-ring (bicyclic) bond motifs is 1. The predicted molar refractivity (Wildman–Crippen MR) is 107 cm³/mol. The van der Waals surface area contributed by atoms with Crippen LogP contribution in [0, 0.1) is 26.7 Å². The second-order valence-corrected chi connectivity index (χ2v) is 8.11. The third-order valence-electron chi connectivity index (χ3n) is 5.65. The number of hydrogen-bond donors (Lipinski definition) is 0. The van der Waals surface area contributed by atoms with Gasteiger partial charge in [0.15, 0.2) is 0 Å². The van der Waals surface area contributed by atoms with E-state index in [1.165, 1.54) is 39.1 Å². The number of nitrogens with zero attached hydrogens (tertiary/aromatic N) is 2. The molecule has 0 bridgehead atoms. The molecule has 1 aliphatic rings. The maximum absolute atomic E-state index is 4.70. The molecule has 1 atom stereocenters. The Balaban J connectivity index is 2.24. The molecule has 1 aliphatic heterocycles.